The number of ketones is 1. The van der Waals surface area contributed by atoms with Gasteiger partial charge in [0.1, 0.15) is 5.76 Å². The lowest BCUT2D eigenvalue weighted by atomic mass is 9.90. The topological polar surface area (TPSA) is 70.7 Å². The number of furan rings is 1. The van der Waals surface area contributed by atoms with Gasteiger partial charge in [-0.15, -0.1) is 0 Å². The van der Waals surface area contributed by atoms with Crippen LogP contribution in [0, 0.1) is 0 Å². The molecule has 0 saturated heterocycles. The van der Waals surface area contributed by atoms with Gasteiger partial charge in [-0.2, -0.15) is 0 Å². The van der Waals surface area contributed by atoms with Gasteiger partial charge >= 0.3 is 0 Å². The number of carbonyl (C=O) groups is 2. The van der Waals surface area contributed by atoms with E-state index in [0.29, 0.717) is 22.0 Å². The number of benzene rings is 2. The Morgan fingerprint density at radius 2 is 1.97 bits per heavy atom. The summed E-state index contributed by atoms with van der Waals surface area (Å²) in [7, 11) is 0. The van der Waals surface area contributed by atoms with Crippen molar-refractivity contribution in [3.8, 4) is 0 Å². The molecule has 0 fully saturated rings. The minimum Gasteiger partial charge on any atom is -0.465 e. The van der Waals surface area contributed by atoms with Crippen LogP contribution < -0.4 is 4.90 Å². The number of aliphatic hydroxyl groups is 1. The lowest BCUT2D eigenvalue weighted by molar-refractivity contribution is -0.140. The monoisotopic (exact) mass is 407 g/mol. The molecule has 2 aromatic carbocycles. The van der Waals surface area contributed by atoms with Crippen LogP contribution in [0.15, 0.2) is 77.4 Å². The van der Waals surface area contributed by atoms with Gasteiger partial charge < -0.3 is 14.4 Å². The summed E-state index contributed by atoms with van der Waals surface area (Å²) in [6, 6.07) is 17.6. The van der Waals surface area contributed by atoms with E-state index in [1.54, 1.807) is 54.6 Å². The maximum atomic E-state index is 13.2. The zero-order valence-electron chi connectivity index (χ0n) is 15.4. The van der Waals surface area contributed by atoms with Crippen molar-refractivity contribution in [1.82, 2.24) is 0 Å². The predicted molar refractivity (Wildman–Crippen MR) is 110 cm³/mol. The highest BCUT2D eigenvalue weighted by Gasteiger charge is 2.50. The fourth-order valence-corrected chi connectivity index (χ4v) is 3.74. The Morgan fingerprint density at radius 3 is 2.72 bits per heavy atom. The van der Waals surface area contributed by atoms with Crippen LogP contribution >= 0.6 is 11.6 Å². The first-order valence-corrected chi connectivity index (χ1v) is 9.48. The van der Waals surface area contributed by atoms with Gasteiger partial charge in [0.15, 0.2) is 11.4 Å². The zero-order chi connectivity index (χ0) is 20.4. The molecule has 1 aromatic heterocycles. The Hall–Kier alpha value is -3.15. The molecule has 5 nitrogen and oxygen atoms in total. The maximum Gasteiger partial charge on any atom is 0.264 e. The maximum absolute atomic E-state index is 13.2. The molecule has 1 amide bonds. The molecule has 0 aliphatic carbocycles. The summed E-state index contributed by atoms with van der Waals surface area (Å²) < 4.78 is 5.16. The van der Waals surface area contributed by atoms with E-state index in [4.69, 9.17) is 16.0 Å². The van der Waals surface area contributed by atoms with E-state index in [0.717, 1.165) is 5.56 Å². The Balaban J connectivity index is 1.61. The fourth-order valence-electron chi connectivity index (χ4n) is 3.52. The number of rotatable bonds is 6. The average Bonchev–Trinajstić information content (AvgIpc) is 3.29. The number of hydrogen-bond acceptors (Lipinski definition) is 4. The van der Waals surface area contributed by atoms with Crippen molar-refractivity contribution in [3.05, 3.63) is 94.9 Å². The second-order valence-corrected chi connectivity index (χ2v) is 7.33. The summed E-state index contributed by atoms with van der Waals surface area (Å²) in [5, 5.41) is 11.8. The van der Waals surface area contributed by atoms with Gasteiger partial charge in [-0.1, -0.05) is 41.9 Å². The lowest BCUT2D eigenvalue weighted by Gasteiger charge is -2.22. The molecule has 29 heavy (non-hydrogen) atoms. The molecule has 0 bridgehead atoms. The Labute approximate surface area is 172 Å². The second kappa shape index (κ2) is 7.70. The molecule has 0 spiro atoms. The number of hydrogen-bond donors (Lipinski definition) is 1. The predicted octanol–water partition coefficient (Wildman–Crippen LogP) is 4.34. The molecular weight excluding hydrogens is 390 g/mol. The van der Waals surface area contributed by atoms with Crippen LogP contribution in [-0.2, 0) is 21.7 Å². The number of carbonyl (C=O) groups excluding carboxylic acids is 2. The molecule has 1 aliphatic rings. The molecule has 1 atom stereocenters. The van der Waals surface area contributed by atoms with Crippen LogP contribution in [-0.4, -0.2) is 16.8 Å². The van der Waals surface area contributed by atoms with Crippen LogP contribution in [0.2, 0.25) is 5.02 Å². The van der Waals surface area contributed by atoms with Crippen LogP contribution in [0.5, 0.6) is 0 Å². The number of fused-ring (bicyclic) bond motifs is 1. The molecule has 4 rings (SSSR count). The molecule has 1 N–H and O–H groups in total. The van der Waals surface area contributed by atoms with Crippen molar-refractivity contribution in [2.75, 3.05) is 4.90 Å². The first kappa shape index (κ1) is 19.2. The standard InChI is InChI=1S/C23H18ClNO4/c24-17-6-3-5-16(13-17)15-25-21-9-2-1-8-20(21)23(28,22(25)27)14-18(26)10-11-19-7-4-12-29-19/h1-13,28H,14-15H2/b11-10+/t23-/m1/s1. The third-order valence-electron chi connectivity index (χ3n) is 4.88. The third-order valence-corrected chi connectivity index (χ3v) is 5.11. The third kappa shape index (κ3) is 3.75. The molecule has 0 unspecified atom stereocenters. The molecule has 1 aliphatic heterocycles. The van der Waals surface area contributed by atoms with E-state index in [1.807, 2.05) is 6.07 Å². The van der Waals surface area contributed by atoms with Crippen molar-refractivity contribution >= 4 is 35.1 Å². The lowest BCUT2D eigenvalue weighted by Crippen LogP contribution is -2.41. The van der Waals surface area contributed by atoms with Gasteiger partial charge in [-0.25, -0.2) is 0 Å². The van der Waals surface area contributed by atoms with E-state index >= 15 is 0 Å². The zero-order valence-corrected chi connectivity index (χ0v) is 16.2. The van der Waals surface area contributed by atoms with E-state index in [-0.39, 0.29) is 18.7 Å². The van der Waals surface area contributed by atoms with Gasteiger partial charge in [0.2, 0.25) is 0 Å². The van der Waals surface area contributed by atoms with Crippen LogP contribution in [0.3, 0.4) is 0 Å². The smallest absolute Gasteiger partial charge is 0.264 e. The first-order chi connectivity index (χ1) is 14.0. The van der Waals surface area contributed by atoms with E-state index < -0.39 is 11.5 Å². The molecule has 0 radical (unpaired) electrons. The summed E-state index contributed by atoms with van der Waals surface area (Å²) >= 11 is 6.06. The molecule has 6 heteroatoms. The van der Waals surface area contributed by atoms with Crippen molar-refractivity contribution in [1.29, 1.82) is 0 Å². The second-order valence-electron chi connectivity index (χ2n) is 6.89. The van der Waals surface area contributed by atoms with Gasteiger partial charge in [0.05, 0.1) is 24.9 Å². The van der Waals surface area contributed by atoms with Crippen LogP contribution in [0.25, 0.3) is 6.08 Å². The van der Waals surface area contributed by atoms with E-state index in [1.165, 1.54) is 23.3 Å². The first-order valence-electron chi connectivity index (χ1n) is 9.10. The van der Waals surface area contributed by atoms with Crippen molar-refractivity contribution in [2.24, 2.45) is 0 Å². The quantitative estimate of drug-likeness (QED) is 0.617. The average molecular weight is 408 g/mol. The Kier molecular flexibility index (Phi) is 5.09. The number of para-hydroxylation sites is 1. The fraction of sp³-hybridized carbons (Fsp3) is 0.130. The summed E-state index contributed by atoms with van der Waals surface area (Å²) in [4.78, 5) is 27.2. The van der Waals surface area contributed by atoms with Crippen molar-refractivity contribution < 1.29 is 19.1 Å². The van der Waals surface area contributed by atoms with E-state index in [9.17, 15) is 14.7 Å². The summed E-state index contributed by atoms with van der Waals surface area (Å²) in [6.45, 7) is 0.245. The highest BCUT2D eigenvalue weighted by Crippen LogP contribution is 2.43. The number of anilines is 1. The SMILES string of the molecule is O=C(/C=C/c1ccco1)C[C@]1(O)C(=O)N(Cc2cccc(Cl)c2)c2ccccc21. The highest BCUT2D eigenvalue weighted by atomic mass is 35.5. The summed E-state index contributed by atoms with van der Waals surface area (Å²) in [5.41, 5.74) is -0.0803. The van der Waals surface area contributed by atoms with Gasteiger partial charge in [-0.3, -0.25) is 9.59 Å². The normalized spacial score (nSPS) is 18.4. The molecule has 3 aromatic rings. The van der Waals surface area contributed by atoms with Crippen molar-refractivity contribution in [2.45, 2.75) is 18.6 Å². The molecule has 2 heterocycles. The van der Waals surface area contributed by atoms with Crippen LogP contribution in [0.1, 0.15) is 23.3 Å². The highest BCUT2D eigenvalue weighted by molar-refractivity contribution is 6.30. The number of amides is 1. The minimum absolute atomic E-state index is 0.245. The van der Waals surface area contributed by atoms with E-state index in [2.05, 4.69) is 0 Å². The van der Waals surface area contributed by atoms with Gasteiger partial charge in [0.25, 0.3) is 5.91 Å². The molecule has 146 valence electrons. The summed E-state index contributed by atoms with van der Waals surface area (Å²) in [5.74, 6) is -0.388. The van der Waals surface area contributed by atoms with Crippen LogP contribution in [0.4, 0.5) is 5.69 Å². The number of halogens is 1. The number of allylic oxidation sites excluding steroid dienone is 1. The van der Waals surface area contributed by atoms with Crippen molar-refractivity contribution in [3.63, 3.8) is 0 Å². The Morgan fingerprint density at radius 1 is 1.14 bits per heavy atom. The van der Waals surface area contributed by atoms with Gasteiger partial charge in [0, 0.05) is 10.6 Å². The molecular formula is C23H18ClNO4. The largest absolute Gasteiger partial charge is 0.465 e. The summed E-state index contributed by atoms with van der Waals surface area (Å²) in [6.07, 6.45) is 3.97. The minimum atomic E-state index is -1.92. The number of nitrogens with zero attached hydrogens (tertiary/aromatic N) is 1. The Bertz CT molecular complexity index is 1090. The van der Waals surface area contributed by atoms with Gasteiger partial charge in [-0.05, 0) is 48.0 Å². The molecule has 0 saturated carbocycles.